The number of imide groups is 1. The van der Waals surface area contributed by atoms with Crippen LogP contribution in [0.1, 0.15) is 61.3 Å². The SMILES string of the molecule is CC(OC(=O)c1cccc(N2C(=O)CCC2=O)c1)C(=O)c1ccc(NC(=O)C(C)(C)C)cc1. The van der Waals surface area contributed by atoms with E-state index < -0.39 is 23.3 Å². The van der Waals surface area contributed by atoms with Gasteiger partial charge in [-0.05, 0) is 49.4 Å². The lowest BCUT2D eigenvalue weighted by Crippen LogP contribution is -2.29. The number of benzene rings is 2. The molecule has 0 bridgehead atoms. The smallest absolute Gasteiger partial charge is 0.338 e. The van der Waals surface area contributed by atoms with Crippen LogP contribution in [-0.2, 0) is 19.1 Å². The first-order chi connectivity index (χ1) is 15.5. The molecule has 1 aliphatic rings. The Morgan fingerprint density at radius 3 is 2.12 bits per heavy atom. The Bertz CT molecular complexity index is 1100. The monoisotopic (exact) mass is 450 g/mol. The Kier molecular flexibility index (Phi) is 6.76. The van der Waals surface area contributed by atoms with Gasteiger partial charge < -0.3 is 10.1 Å². The first-order valence-electron chi connectivity index (χ1n) is 10.6. The molecule has 1 unspecified atom stereocenters. The van der Waals surface area contributed by atoms with Crippen LogP contribution in [0.2, 0.25) is 0 Å². The summed E-state index contributed by atoms with van der Waals surface area (Å²) in [6, 6.07) is 12.3. The van der Waals surface area contributed by atoms with Gasteiger partial charge in [0, 0.05) is 29.5 Å². The van der Waals surface area contributed by atoms with Gasteiger partial charge in [-0.25, -0.2) is 4.79 Å². The van der Waals surface area contributed by atoms with E-state index >= 15 is 0 Å². The summed E-state index contributed by atoms with van der Waals surface area (Å²) >= 11 is 0. The first-order valence-corrected chi connectivity index (χ1v) is 10.6. The van der Waals surface area contributed by atoms with Crippen LogP contribution in [0.25, 0.3) is 0 Å². The molecule has 0 saturated carbocycles. The second kappa shape index (κ2) is 9.36. The third-order valence-corrected chi connectivity index (χ3v) is 5.15. The van der Waals surface area contributed by atoms with Gasteiger partial charge in [0.25, 0.3) is 0 Å². The molecule has 1 saturated heterocycles. The van der Waals surface area contributed by atoms with Crippen molar-refractivity contribution < 1.29 is 28.7 Å². The van der Waals surface area contributed by atoms with Crippen molar-refractivity contribution in [2.45, 2.75) is 46.6 Å². The summed E-state index contributed by atoms with van der Waals surface area (Å²) in [5.41, 5.74) is 0.748. The number of hydrogen-bond acceptors (Lipinski definition) is 6. The summed E-state index contributed by atoms with van der Waals surface area (Å²) in [7, 11) is 0. The van der Waals surface area contributed by atoms with E-state index in [1.807, 2.05) is 0 Å². The first kappa shape index (κ1) is 23.8. The van der Waals surface area contributed by atoms with Crippen LogP contribution < -0.4 is 10.2 Å². The molecule has 8 heteroatoms. The van der Waals surface area contributed by atoms with E-state index in [4.69, 9.17) is 4.74 Å². The molecule has 2 aromatic rings. The van der Waals surface area contributed by atoms with Crippen molar-refractivity contribution in [2.24, 2.45) is 5.41 Å². The fourth-order valence-corrected chi connectivity index (χ4v) is 3.19. The number of nitrogens with zero attached hydrogens (tertiary/aromatic N) is 1. The van der Waals surface area contributed by atoms with Crippen LogP contribution in [-0.4, -0.2) is 35.6 Å². The molecule has 172 valence electrons. The molecule has 2 aromatic carbocycles. The van der Waals surface area contributed by atoms with E-state index in [-0.39, 0.29) is 36.1 Å². The number of nitrogens with one attached hydrogen (secondary N) is 1. The summed E-state index contributed by atoms with van der Waals surface area (Å²) in [6.07, 6.45) is -0.790. The van der Waals surface area contributed by atoms with Crippen LogP contribution >= 0.6 is 0 Å². The molecule has 1 aliphatic heterocycles. The summed E-state index contributed by atoms with van der Waals surface area (Å²) in [5, 5.41) is 2.78. The maximum absolute atomic E-state index is 12.7. The number of ether oxygens (including phenoxy) is 1. The van der Waals surface area contributed by atoms with Crippen molar-refractivity contribution in [2.75, 3.05) is 10.2 Å². The highest BCUT2D eigenvalue weighted by molar-refractivity contribution is 6.20. The molecule has 0 spiro atoms. The number of anilines is 2. The minimum atomic E-state index is -1.06. The van der Waals surface area contributed by atoms with Crippen molar-refractivity contribution in [3.05, 3.63) is 59.7 Å². The van der Waals surface area contributed by atoms with Gasteiger partial charge in [0.2, 0.25) is 23.5 Å². The maximum Gasteiger partial charge on any atom is 0.338 e. The van der Waals surface area contributed by atoms with Gasteiger partial charge in [-0.2, -0.15) is 0 Å². The molecule has 3 amide bonds. The van der Waals surface area contributed by atoms with E-state index in [1.54, 1.807) is 57.2 Å². The van der Waals surface area contributed by atoms with Gasteiger partial charge in [0.1, 0.15) is 0 Å². The van der Waals surface area contributed by atoms with E-state index in [0.29, 0.717) is 16.9 Å². The molecule has 3 rings (SSSR count). The Labute approximate surface area is 191 Å². The molecule has 1 N–H and O–H groups in total. The summed E-state index contributed by atoms with van der Waals surface area (Å²) in [5.74, 6) is -1.94. The van der Waals surface area contributed by atoms with Gasteiger partial charge in [0.05, 0.1) is 11.3 Å². The Morgan fingerprint density at radius 2 is 1.55 bits per heavy atom. The average Bonchev–Trinajstić information content (AvgIpc) is 3.11. The van der Waals surface area contributed by atoms with Gasteiger partial charge in [0.15, 0.2) is 6.10 Å². The fourth-order valence-electron chi connectivity index (χ4n) is 3.19. The van der Waals surface area contributed by atoms with Crippen LogP contribution in [0.5, 0.6) is 0 Å². The molecule has 0 aliphatic carbocycles. The lowest BCUT2D eigenvalue weighted by atomic mass is 9.95. The predicted octanol–water partition coefficient (Wildman–Crippen LogP) is 3.75. The fraction of sp³-hybridized carbons (Fsp3) is 0.320. The zero-order chi connectivity index (χ0) is 24.3. The molecule has 33 heavy (non-hydrogen) atoms. The van der Waals surface area contributed by atoms with Crippen LogP contribution in [0.15, 0.2) is 48.5 Å². The predicted molar refractivity (Wildman–Crippen MR) is 122 cm³/mol. The normalized spacial score (nSPS) is 14.7. The Morgan fingerprint density at radius 1 is 0.939 bits per heavy atom. The van der Waals surface area contributed by atoms with E-state index in [1.165, 1.54) is 19.1 Å². The molecular weight excluding hydrogens is 424 g/mol. The van der Waals surface area contributed by atoms with E-state index in [9.17, 15) is 24.0 Å². The number of carbonyl (C=O) groups is 5. The highest BCUT2D eigenvalue weighted by atomic mass is 16.5. The van der Waals surface area contributed by atoms with Gasteiger partial charge in [-0.1, -0.05) is 26.8 Å². The summed E-state index contributed by atoms with van der Waals surface area (Å²) in [6.45, 7) is 6.86. The number of esters is 1. The summed E-state index contributed by atoms with van der Waals surface area (Å²) < 4.78 is 5.32. The van der Waals surface area contributed by atoms with Gasteiger partial charge in [-0.15, -0.1) is 0 Å². The number of carbonyl (C=O) groups excluding carboxylic acids is 5. The van der Waals surface area contributed by atoms with Crippen LogP contribution in [0.3, 0.4) is 0 Å². The highest BCUT2D eigenvalue weighted by Gasteiger charge is 2.31. The Hall–Kier alpha value is -3.81. The zero-order valence-electron chi connectivity index (χ0n) is 19.0. The average molecular weight is 450 g/mol. The van der Waals surface area contributed by atoms with E-state index in [0.717, 1.165) is 4.90 Å². The number of amides is 3. The molecule has 8 nitrogen and oxygen atoms in total. The zero-order valence-corrected chi connectivity index (χ0v) is 19.0. The number of hydrogen-bond donors (Lipinski definition) is 1. The van der Waals surface area contributed by atoms with Gasteiger partial charge in [-0.3, -0.25) is 24.1 Å². The number of Topliss-reactive ketones (excluding diaryl/α,β-unsaturated/α-hetero) is 1. The van der Waals surface area contributed by atoms with Crippen LogP contribution in [0, 0.1) is 5.41 Å². The second-order valence-corrected chi connectivity index (χ2v) is 8.87. The third-order valence-electron chi connectivity index (χ3n) is 5.15. The van der Waals surface area contributed by atoms with Crippen molar-refractivity contribution in [3.8, 4) is 0 Å². The van der Waals surface area contributed by atoms with E-state index in [2.05, 4.69) is 5.32 Å². The Balaban J connectivity index is 1.66. The molecule has 1 heterocycles. The van der Waals surface area contributed by atoms with Crippen LogP contribution in [0.4, 0.5) is 11.4 Å². The molecule has 0 radical (unpaired) electrons. The lowest BCUT2D eigenvalue weighted by Gasteiger charge is -2.18. The highest BCUT2D eigenvalue weighted by Crippen LogP contribution is 2.24. The van der Waals surface area contributed by atoms with Crippen molar-refractivity contribution in [1.82, 2.24) is 0 Å². The standard InChI is InChI=1S/C25H26N2O6/c1-15(22(30)16-8-10-18(11-9-16)26-24(32)25(2,3)4)33-23(31)17-6-5-7-19(14-17)27-20(28)12-13-21(27)29/h5-11,14-15H,12-13H2,1-4H3,(H,26,32). The van der Waals surface area contributed by atoms with Gasteiger partial charge >= 0.3 is 5.97 Å². The largest absolute Gasteiger partial charge is 0.451 e. The van der Waals surface area contributed by atoms with Crippen molar-refractivity contribution >= 4 is 40.8 Å². The molecular formula is C25H26N2O6. The minimum Gasteiger partial charge on any atom is -0.451 e. The maximum atomic E-state index is 12.7. The molecule has 0 aromatic heterocycles. The second-order valence-electron chi connectivity index (χ2n) is 8.87. The van der Waals surface area contributed by atoms with Crippen molar-refractivity contribution in [3.63, 3.8) is 0 Å². The number of ketones is 1. The molecule has 1 atom stereocenters. The third kappa shape index (κ3) is 5.52. The minimum absolute atomic E-state index is 0.125. The quantitative estimate of drug-likeness (QED) is 0.408. The lowest BCUT2D eigenvalue weighted by molar-refractivity contribution is -0.123. The number of rotatable bonds is 6. The summed E-state index contributed by atoms with van der Waals surface area (Å²) in [4.78, 5) is 62.3. The topological polar surface area (TPSA) is 110 Å². The van der Waals surface area contributed by atoms with Crippen molar-refractivity contribution in [1.29, 1.82) is 0 Å². The molecule has 1 fully saturated rings.